The Labute approximate surface area is 108 Å². The average Bonchev–Trinajstić information content (AvgIpc) is 2.84. The first-order valence-corrected chi connectivity index (χ1v) is 6.69. The fourth-order valence-corrected chi connectivity index (χ4v) is 2.28. The Morgan fingerprint density at radius 3 is 3.06 bits per heavy atom. The molecule has 0 aromatic carbocycles. The monoisotopic (exact) mass is 250 g/mol. The molecule has 1 aliphatic heterocycles. The van der Waals surface area contributed by atoms with Gasteiger partial charge in [0.2, 0.25) is 11.8 Å². The van der Waals surface area contributed by atoms with Crippen molar-refractivity contribution in [3.05, 3.63) is 11.8 Å². The van der Waals surface area contributed by atoms with E-state index >= 15 is 0 Å². The van der Waals surface area contributed by atoms with E-state index in [0.29, 0.717) is 25.1 Å². The number of nitrogens with zero attached hydrogens (tertiary/aromatic N) is 3. The van der Waals surface area contributed by atoms with Gasteiger partial charge in [-0.25, -0.2) is 4.98 Å². The van der Waals surface area contributed by atoms with Crippen LogP contribution in [-0.2, 0) is 0 Å². The van der Waals surface area contributed by atoms with Crippen LogP contribution in [0.2, 0.25) is 0 Å². The van der Waals surface area contributed by atoms with Gasteiger partial charge in [0, 0.05) is 30.9 Å². The number of hydrogen-bond donors (Lipinski definition) is 1. The lowest BCUT2D eigenvalue weighted by Gasteiger charge is -2.23. The second-order valence-electron chi connectivity index (χ2n) is 4.72. The molecule has 0 bridgehead atoms. The molecule has 100 valence electrons. The van der Waals surface area contributed by atoms with Crippen molar-refractivity contribution in [2.24, 2.45) is 5.73 Å². The first-order chi connectivity index (χ1) is 8.74. The smallest absolute Gasteiger partial charge is 0.229 e. The minimum Gasteiger partial charge on any atom is -0.478 e. The van der Waals surface area contributed by atoms with Crippen molar-refractivity contribution in [3.8, 4) is 5.88 Å². The number of anilines is 1. The highest BCUT2D eigenvalue weighted by Gasteiger charge is 2.25. The molecule has 2 heterocycles. The lowest BCUT2D eigenvalue weighted by atomic mass is 10.2. The third kappa shape index (κ3) is 2.90. The highest BCUT2D eigenvalue weighted by Crippen LogP contribution is 2.24. The van der Waals surface area contributed by atoms with E-state index in [1.165, 1.54) is 0 Å². The summed E-state index contributed by atoms with van der Waals surface area (Å²) in [4.78, 5) is 11.2. The molecule has 5 heteroatoms. The van der Waals surface area contributed by atoms with E-state index in [1.54, 1.807) is 0 Å². The van der Waals surface area contributed by atoms with Gasteiger partial charge in [0.05, 0.1) is 6.61 Å². The van der Waals surface area contributed by atoms with Gasteiger partial charge in [-0.1, -0.05) is 6.92 Å². The predicted octanol–water partition coefficient (Wildman–Crippen LogP) is 1.50. The first-order valence-electron chi connectivity index (χ1n) is 6.69. The number of aromatic nitrogens is 2. The second-order valence-corrected chi connectivity index (χ2v) is 4.72. The maximum atomic E-state index is 5.79. The molecule has 1 unspecified atom stereocenters. The summed E-state index contributed by atoms with van der Waals surface area (Å²) in [7, 11) is 0. The first kappa shape index (κ1) is 13.1. The summed E-state index contributed by atoms with van der Waals surface area (Å²) in [5, 5.41) is 0. The van der Waals surface area contributed by atoms with Gasteiger partial charge in [-0.15, -0.1) is 0 Å². The Bertz CT molecular complexity index is 397. The summed E-state index contributed by atoms with van der Waals surface area (Å²) >= 11 is 0. The van der Waals surface area contributed by atoms with Gasteiger partial charge in [0.15, 0.2) is 0 Å². The molecule has 0 saturated carbocycles. The third-order valence-corrected chi connectivity index (χ3v) is 3.18. The van der Waals surface area contributed by atoms with Crippen LogP contribution >= 0.6 is 0 Å². The SMILES string of the molecule is CCCOc1cc(C)nc(N2CCCC2CN)n1. The van der Waals surface area contributed by atoms with Crippen molar-refractivity contribution in [3.63, 3.8) is 0 Å². The minimum atomic E-state index is 0.367. The van der Waals surface area contributed by atoms with Crippen molar-refractivity contribution in [2.75, 3.05) is 24.6 Å². The molecule has 1 saturated heterocycles. The predicted molar refractivity (Wildman–Crippen MR) is 72.0 cm³/mol. The van der Waals surface area contributed by atoms with Crippen molar-refractivity contribution in [2.45, 2.75) is 39.2 Å². The molecule has 0 spiro atoms. The maximum absolute atomic E-state index is 5.79. The van der Waals surface area contributed by atoms with E-state index in [1.807, 2.05) is 13.0 Å². The quantitative estimate of drug-likeness (QED) is 0.858. The topological polar surface area (TPSA) is 64.3 Å². The number of nitrogens with two attached hydrogens (primary N) is 1. The highest BCUT2D eigenvalue weighted by molar-refractivity contribution is 5.37. The summed E-state index contributed by atoms with van der Waals surface area (Å²) in [5.74, 6) is 1.43. The van der Waals surface area contributed by atoms with E-state index in [9.17, 15) is 0 Å². The summed E-state index contributed by atoms with van der Waals surface area (Å²) in [5.41, 5.74) is 6.73. The van der Waals surface area contributed by atoms with Crippen LogP contribution in [0.15, 0.2) is 6.07 Å². The summed E-state index contributed by atoms with van der Waals surface area (Å²) < 4.78 is 5.60. The van der Waals surface area contributed by atoms with Crippen LogP contribution in [0.25, 0.3) is 0 Å². The van der Waals surface area contributed by atoms with Gasteiger partial charge in [0.1, 0.15) is 0 Å². The Morgan fingerprint density at radius 2 is 2.33 bits per heavy atom. The molecule has 0 aliphatic carbocycles. The van der Waals surface area contributed by atoms with Crippen LogP contribution in [0.4, 0.5) is 5.95 Å². The zero-order chi connectivity index (χ0) is 13.0. The molecule has 0 amide bonds. The van der Waals surface area contributed by atoms with Crippen LogP contribution in [0, 0.1) is 6.92 Å². The minimum absolute atomic E-state index is 0.367. The standard InChI is InChI=1S/C13H22N4O/c1-3-7-18-12-8-10(2)15-13(16-12)17-6-4-5-11(17)9-14/h8,11H,3-7,9,14H2,1-2H3. The fourth-order valence-electron chi connectivity index (χ4n) is 2.28. The Hall–Kier alpha value is -1.36. The van der Waals surface area contributed by atoms with Crippen LogP contribution in [0.5, 0.6) is 5.88 Å². The van der Waals surface area contributed by atoms with E-state index in [0.717, 1.165) is 37.4 Å². The summed E-state index contributed by atoms with van der Waals surface area (Å²) in [6, 6.07) is 2.25. The van der Waals surface area contributed by atoms with Gasteiger partial charge in [-0.05, 0) is 26.2 Å². The number of hydrogen-bond acceptors (Lipinski definition) is 5. The van der Waals surface area contributed by atoms with Crippen molar-refractivity contribution < 1.29 is 4.74 Å². The Morgan fingerprint density at radius 1 is 1.50 bits per heavy atom. The molecule has 1 aromatic rings. The van der Waals surface area contributed by atoms with Gasteiger partial charge in [-0.3, -0.25) is 0 Å². The Balaban J connectivity index is 2.18. The Kier molecular flexibility index (Phi) is 4.36. The molecule has 18 heavy (non-hydrogen) atoms. The van der Waals surface area contributed by atoms with Gasteiger partial charge in [-0.2, -0.15) is 4.98 Å². The van der Waals surface area contributed by atoms with Crippen LogP contribution < -0.4 is 15.4 Å². The van der Waals surface area contributed by atoms with Crippen LogP contribution in [-0.4, -0.2) is 35.7 Å². The van der Waals surface area contributed by atoms with E-state index in [-0.39, 0.29) is 0 Å². The van der Waals surface area contributed by atoms with Gasteiger partial charge in [0.25, 0.3) is 0 Å². The molecular weight excluding hydrogens is 228 g/mol. The van der Waals surface area contributed by atoms with E-state index in [4.69, 9.17) is 10.5 Å². The average molecular weight is 250 g/mol. The normalized spacial score (nSPS) is 19.3. The zero-order valence-electron chi connectivity index (χ0n) is 11.2. The number of aryl methyl sites for hydroxylation is 1. The molecule has 2 N–H and O–H groups in total. The molecular formula is C13H22N4O. The van der Waals surface area contributed by atoms with Crippen LogP contribution in [0.3, 0.4) is 0 Å². The molecule has 1 fully saturated rings. The number of rotatable bonds is 5. The van der Waals surface area contributed by atoms with Crippen molar-refractivity contribution in [1.82, 2.24) is 9.97 Å². The molecule has 5 nitrogen and oxygen atoms in total. The van der Waals surface area contributed by atoms with E-state index < -0.39 is 0 Å². The van der Waals surface area contributed by atoms with Crippen molar-refractivity contribution >= 4 is 5.95 Å². The lowest BCUT2D eigenvalue weighted by molar-refractivity contribution is 0.304. The molecule has 2 rings (SSSR count). The molecule has 0 radical (unpaired) electrons. The molecule has 1 atom stereocenters. The van der Waals surface area contributed by atoms with Gasteiger partial charge < -0.3 is 15.4 Å². The zero-order valence-corrected chi connectivity index (χ0v) is 11.2. The van der Waals surface area contributed by atoms with Crippen LogP contribution in [0.1, 0.15) is 31.9 Å². The second kappa shape index (κ2) is 6.00. The number of ether oxygens (including phenoxy) is 1. The summed E-state index contributed by atoms with van der Waals surface area (Å²) in [6.07, 6.45) is 3.26. The lowest BCUT2D eigenvalue weighted by Crippen LogP contribution is -2.36. The van der Waals surface area contributed by atoms with Gasteiger partial charge >= 0.3 is 0 Å². The molecule has 1 aromatic heterocycles. The summed E-state index contributed by atoms with van der Waals surface area (Å²) in [6.45, 7) is 6.38. The van der Waals surface area contributed by atoms with E-state index in [2.05, 4.69) is 21.8 Å². The third-order valence-electron chi connectivity index (χ3n) is 3.18. The maximum Gasteiger partial charge on any atom is 0.229 e. The fraction of sp³-hybridized carbons (Fsp3) is 0.692. The highest BCUT2D eigenvalue weighted by atomic mass is 16.5. The largest absolute Gasteiger partial charge is 0.478 e. The molecule has 1 aliphatic rings. The van der Waals surface area contributed by atoms with Crippen molar-refractivity contribution in [1.29, 1.82) is 0 Å².